The highest BCUT2D eigenvalue weighted by atomic mass is 32.1. The molecule has 1 saturated heterocycles. The van der Waals surface area contributed by atoms with Crippen LogP contribution in [-0.4, -0.2) is 89.4 Å². The number of thiazole rings is 1. The first-order chi connectivity index (χ1) is 39.0. The molecule has 3 aromatic carbocycles. The molecule has 4 atom stereocenters. The molecule has 4 aromatic heterocycles. The van der Waals surface area contributed by atoms with Crippen LogP contribution in [0.4, 0.5) is 5.82 Å². The van der Waals surface area contributed by atoms with Crippen LogP contribution in [0.3, 0.4) is 0 Å². The normalized spacial score (nSPS) is 16.7. The van der Waals surface area contributed by atoms with Gasteiger partial charge in [0.05, 0.1) is 39.5 Å². The number of pyridine rings is 2. The Labute approximate surface area is 480 Å². The molecule has 1 saturated carbocycles. The lowest BCUT2D eigenvalue weighted by molar-refractivity contribution is -0.144. The molecule has 16 nitrogen and oxygen atoms in total. The van der Waals surface area contributed by atoms with Crippen LogP contribution in [0.5, 0.6) is 0 Å². The number of fused-ring (bicyclic) bond motifs is 1. The van der Waals surface area contributed by atoms with Gasteiger partial charge in [-0.3, -0.25) is 23.7 Å². The third kappa shape index (κ3) is 14.2. The van der Waals surface area contributed by atoms with Gasteiger partial charge in [-0.15, -0.1) is 11.3 Å². The molecular weight excluding hydrogens is 1030 g/mol. The number of nitrogen functional groups attached to an aromatic ring is 1. The Morgan fingerprint density at radius 1 is 0.815 bits per heavy atom. The molecule has 4 amide bonds. The number of likely N-dealkylation sites (tertiary alicyclic amines) is 1. The number of aliphatic hydroxyl groups is 1. The number of aryl methyl sites for hydroxylation is 2. The Hall–Kier alpha value is -7.34. The monoisotopic (exact) mass is 1110 g/mol. The van der Waals surface area contributed by atoms with E-state index in [0.29, 0.717) is 49.5 Å². The van der Waals surface area contributed by atoms with Crippen LogP contribution in [0, 0.1) is 12.3 Å². The summed E-state index contributed by atoms with van der Waals surface area (Å²) in [5.41, 5.74) is 23.9. The Kier molecular flexibility index (Phi) is 18.8. The largest absolute Gasteiger partial charge is 0.391 e. The molecular formula is C64H79N11O5S. The third-order valence-corrected chi connectivity index (χ3v) is 17.1. The fourth-order valence-electron chi connectivity index (χ4n) is 11.1. The Morgan fingerprint density at radius 3 is 2.22 bits per heavy atom. The number of nitrogens with one attached hydrogen (secondary N) is 3. The summed E-state index contributed by atoms with van der Waals surface area (Å²) in [5.74, 6) is 0.175. The van der Waals surface area contributed by atoms with E-state index in [9.17, 15) is 24.3 Å². The van der Waals surface area contributed by atoms with Gasteiger partial charge < -0.3 is 37.4 Å². The topological polar surface area (TPSA) is 236 Å². The van der Waals surface area contributed by atoms with Crippen molar-refractivity contribution >= 4 is 51.9 Å². The number of unbranched alkanes of at least 4 members (excludes halogenated alkanes) is 7. The third-order valence-electron chi connectivity index (χ3n) is 16.1. The van der Waals surface area contributed by atoms with Gasteiger partial charge in [-0.25, -0.2) is 19.9 Å². The van der Waals surface area contributed by atoms with Crippen LogP contribution in [0.1, 0.15) is 146 Å². The first kappa shape index (κ1) is 58.3. The fraction of sp³-hybridized carbons (Fsp3) is 0.438. The lowest BCUT2D eigenvalue weighted by Crippen LogP contribution is -2.57. The molecule has 0 bridgehead atoms. The van der Waals surface area contributed by atoms with Crippen LogP contribution in [0.15, 0.2) is 109 Å². The predicted octanol–water partition coefficient (Wildman–Crippen LogP) is 10.4. The van der Waals surface area contributed by atoms with Crippen LogP contribution >= 0.6 is 11.3 Å². The Bertz CT molecular complexity index is 3310. The van der Waals surface area contributed by atoms with E-state index in [1.165, 1.54) is 4.90 Å². The van der Waals surface area contributed by atoms with Crippen molar-refractivity contribution in [3.63, 3.8) is 0 Å². The molecule has 4 unspecified atom stereocenters. The quantitative estimate of drug-likeness (QED) is 0.0311. The molecule has 426 valence electrons. The highest BCUT2D eigenvalue weighted by Gasteiger charge is 2.45. The molecule has 9 rings (SSSR count). The summed E-state index contributed by atoms with van der Waals surface area (Å²) in [6.07, 6.45) is 13.1. The SMILES string of the molecule is Cc1ncsc1-c1ccc(C(C)NC(=O)C2CC(O)CN2C(=O)C(NC(=O)CCCCCCCCCCNC(=O)CCc2cccc(-c3ccc4nc(-c5cccnc5N)n(-c5ccc(C6(N)CCC6)cc5)c4n3)c2)C(C)(C)C)cc1. The summed E-state index contributed by atoms with van der Waals surface area (Å²) < 4.78 is 2.04. The van der Waals surface area contributed by atoms with E-state index in [1.807, 2.05) is 111 Å². The zero-order chi connectivity index (χ0) is 57.3. The minimum atomic E-state index is -0.863. The zero-order valence-corrected chi connectivity index (χ0v) is 48.4. The van der Waals surface area contributed by atoms with E-state index >= 15 is 0 Å². The number of nitrogens with two attached hydrogens (primary N) is 2. The minimum absolute atomic E-state index is 0.0240. The van der Waals surface area contributed by atoms with Crippen molar-refractivity contribution in [2.45, 2.75) is 161 Å². The molecule has 5 heterocycles. The summed E-state index contributed by atoms with van der Waals surface area (Å²) in [5, 5.41) is 19.8. The smallest absolute Gasteiger partial charge is 0.246 e. The Morgan fingerprint density at radius 2 is 1.54 bits per heavy atom. The van der Waals surface area contributed by atoms with Gasteiger partial charge in [-0.05, 0) is 123 Å². The lowest BCUT2D eigenvalue weighted by atomic mass is 9.73. The van der Waals surface area contributed by atoms with E-state index in [1.54, 1.807) is 17.5 Å². The van der Waals surface area contributed by atoms with E-state index in [2.05, 4.69) is 56.3 Å². The summed E-state index contributed by atoms with van der Waals surface area (Å²) >= 11 is 1.58. The number of imidazole rings is 1. The molecule has 2 aliphatic rings. The standard InChI is InChI=1S/C64H79N11O5S/c1-41(44-22-24-45(25-23-44)56-42(2)69-40-81-56)70-61(79)53-38-49(76)39-74(53)62(80)57(63(3,4)5)73-55(78)20-12-10-8-6-7-9-11-13-35-67-54(77)32-21-43-17-14-18-46(37-43)51-30-31-52-60(71-51)75(59(72-52)50-19-15-36-68-58(50)65)48-28-26-47(27-29-48)64(66)33-16-34-64/h14-15,17-19,22-31,36-37,40-41,49,53,57,76H,6-13,16,20-21,32-35,38-39,66H2,1-5H3,(H2,65,68)(H,67,77)(H,70,79)(H,73,78). The predicted molar refractivity (Wildman–Crippen MR) is 321 cm³/mol. The molecule has 8 N–H and O–H groups in total. The average molecular weight is 1110 g/mol. The van der Waals surface area contributed by atoms with Gasteiger partial charge in [0, 0.05) is 55.3 Å². The van der Waals surface area contributed by atoms with Crippen molar-refractivity contribution < 1.29 is 24.3 Å². The van der Waals surface area contributed by atoms with Gasteiger partial charge in [-0.2, -0.15) is 0 Å². The van der Waals surface area contributed by atoms with E-state index < -0.39 is 23.6 Å². The van der Waals surface area contributed by atoms with Crippen LogP contribution in [-0.2, 0) is 31.1 Å². The van der Waals surface area contributed by atoms with E-state index in [0.717, 1.165) is 125 Å². The first-order valence-corrected chi connectivity index (χ1v) is 29.8. The van der Waals surface area contributed by atoms with Gasteiger partial charge in [-0.1, -0.05) is 114 Å². The number of anilines is 1. The number of carbonyl (C=O) groups excluding carboxylic acids is 4. The second-order valence-electron chi connectivity index (χ2n) is 23.3. The maximum atomic E-state index is 14.1. The Balaban J connectivity index is 0.669. The maximum Gasteiger partial charge on any atom is 0.246 e. The van der Waals surface area contributed by atoms with Crippen molar-refractivity contribution in [2.24, 2.45) is 11.1 Å². The maximum absolute atomic E-state index is 14.1. The van der Waals surface area contributed by atoms with Crippen molar-refractivity contribution in [1.82, 2.24) is 45.4 Å². The van der Waals surface area contributed by atoms with Gasteiger partial charge in [0.2, 0.25) is 23.6 Å². The summed E-state index contributed by atoms with van der Waals surface area (Å²) in [4.78, 5) is 75.5. The number of benzene rings is 3. The van der Waals surface area contributed by atoms with E-state index in [4.69, 9.17) is 21.4 Å². The van der Waals surface area contributed by atoms with Crippen molar-refractivity contribution in [1.29, 1.82) is 0 Å². The first-order valence-electron chi connectivity index (χ1n) is 28.9. The number of amides is 4. The van der Waals surface area contributed by atoms with Gasteiger partial charge >= 0.3 is 0 Å². The summed E-state index contributed by atoms with van der Waals surface area (Å²) in [6, 6.07) is 30.3. The number of carbonyl (C=O) groups is 4. The van der Waals surface area contributed by atoms with Gasteiger partial charge in [0.1, 0.15) is 23.4 Å². The molecule has 7 aromatic rings. The average Bonchev–Trinajstić information content (AvgIpc) is 3.83. The lowest BCUT2D eigenvalue weighted by Gasteiger charge is -2.38. The van der Waals surface area contributed by atoms with Gasteiger partial charge in [0.15, 0.2) is 11.5 Å². The molecule has 1 aliphatic carbocycles. The molecule has 2 fully saturated rings. The molecule has 0 spiro atoms. The minimum Gasteiger partial charge on any atom is -0.391 e. The fourth-order valence-corrected chi connectivity index (χ4v) is 11.9. The van der Waals surface area contributed by atoms with Crippen LogP contribution < -0.4 is 27.4 Å². The van der Waals surface area contributed by atoms with Crippen LogP contribution in [0.25, 0.3) is 49.9 Å². The number of hydrogen-bond acceptors (Lipinski definition) is 12. The molecule has 17 heteroatoms. The number of nitrogens with zero attached hydrogens (tertiary/aromatic N) is 6. The van der Waals surface area contributed by atoms with Gasteiger partial charge in [0.25, 0.3) is 0 Å². The highest BCUT2D eigenvalue weighted by molar-refractivity contribution is 7.13. The summed E-state index contributed by atoms with van der Waals surface area (Å²) in [7, 11) is 0. The second-order valence-corrected chi connectivity index (χ2v) is 24.2. The molecule has 0 radical (unpaired) electrons. The van der Waals surface area contributed by atoms with Crippen molar-refractivity contribution in [2.75, 3.05) is 18.8 Å². The molecule has 81 heavy (non-hydrogen) atoms. The number of rotatable bonds is 24. The van der Waals surface area contributed by atoms with E-state index in [-0.39, 0.29) is 48.2 Å². The number of β-amino-alcohol motifs (C(OH)–C–C–N with tert-alkyl or cyclic N) is 1. The summed E-state index contributed by atoms with van der Waals surface area (Å²) in [6.45, 7) is 10.2. The molecule has 1 aliphatic heterocycles. The number of aromatic nitrogens is 5. The second kappa shape index (κ2) is 26.1. The number of hydrogen-bond donors (Lipinski definition) is 6. The van der Waals surface area contributed by atoms with Crippen LogP contribution in [0.2, 0.25) is 0 Å². The zero-order valence-electron chi connectivity index (χ0n) is 47.5. The van der Waals surface area contributed by atoms with Crippen molar-refractivity contribution in [3.05, 3.63) is 131 Å². The number of aliphatic hydroxyl groups excluding tert-OH is 1. The van der Waals surface area contributed by atoms with Crippen molar-refractivity contribution in [3.8, 4) is 38.8 Å². The highest BCUT2D eigenvalue weighted by Crippen LogP contribution is 2.40.